The maximum absolute atomic E-state index is 12.9. The third-order valence-electron chi connectivity index (χ3n) is 4.40. The molecule has 0 radical (unpaired) electrons. The molecule has 0 saturated carbocycles. The van der Waals surface area contributed by atoms with E-state index >= 15 is 0 Å². The number of nitrogens with zero attached hydrogens (tertiary/aromatic N) is 3. The molecule has 1 saturated heterocycles. The molecular weight excluding hydrogens is 310 g/mol. The number of hydrogen-bond acceptors (Lipinski definition) is 6. The first kappa shape index (κ1) is 15.0. The lowest BCUT2D eigenvalue weighted by Gasteiger charge is -2.30. The molecule has 2 aromatic rings. The Morgan fingerprint density at radius 3 is 2.96 bits per heavy atom. The molecule has 1 aromatic carbocycles. The summed E-state index contributed by atoms with van der Waals surface area (Å²) in [7, 11) is 0. The van der Waals surface area contributed by atoms with Crippen LogP contribution in [0.5, 0.6) is 11.5 Å². The van der Waals surface area contributed by atoms with Crippen LogP contribution in [0.15, 0.2) is 28.8 Å². The Balaban J connectivity index is 1.51. The minimum atomic E-state index is -0.641. The molecule has 7 nitrogen and oxygen atoms in total. The van der Waals surface area contributed by atoms with Crippen LogP contribution < -0.4 is 9.47 Å². The lowest BCUT2D eigenvalue weighted by atomic mass is 10.2. The molecule has 3 heterocycles. The van der Waals surface area contributed by atoms with Crippen LogP contribution in [0.1, 0.15) is 37.5 Å². The quantitative estimate of drug-likeness (QED) is 0.858. The number of rotatable bonds is 3. The Morgan fingerprint density at radius 2 is 2.17 bits per heavy atom. The Kier molecular flexibility index (Phi) is 3.84. The molecule has 0 bridgehead atoms. The number of ether oxygens (including phenoxy) is 2. The average molecular weight is 329 g/mol. The monoisotopic (exact) mass is 329 g/mol. The second kappa shape index (κ2) is 6.14. The standard InChI is InChI=1S/C17H19N3O4/c1-2-15-18-16(19-24-15)11-6-5-9-20(11)17(21)14-10-22-12-7-3-4-8-13(12)23-14/h3-4,7-8,11,14H,2,5-6,9-10H2,1H3. The first-order valence-electron chi connectivity index (χ1n) is 8.27. The van der Waals surface area contributed by atoms with Crippen molar-refractivity contribution in [1.82, 2.24) is 15.0 Å². The van der Waals surface area contributed by atoms with E-state index in [2.05, 4.69) is 10.1 Å². The normalized spacial score (nSPS) is 22.6. The van der Waals surface area contributed by atoms with Gasteiger partial charge in [0.1, 0.15) is 6.61 Å². The van der Waals surface area contributed by atoms with Gasteiger partial charge in [-0.05, 0) is 25.0 Å². The summed E-state index contributed by atoms with van der Waals surface area (Å²) in [6.07, 6.45) is 1.79. The zero-order chi connectivity index (χ0) is 16.5. The molecule has 1 aromatic heterocycles. The molecule has 1 amide bonds. The highest BCUT2D eigenvalue weighted by Gasteiger charge is 2.39. The van der Waals surface area contributed by atoms with E-state index < -0.39 is 6.10 Å². The lowest BCUT2D eigenvalue weighted by molar-refractivity contribution is -0.142. The SMILES string of the molecule is CCc1nc(C2CCCN2C(=O)C2COc3ccccc3O2)no1. The molecular formula is C17H19N3O4. The summed E-state index contributed by atoms with van der Waals surface area (Å²) in [6, 6.07) is 7.23. The van der Waals surface area contributed by atoms with E-state index in [0.29, 0.717) is 36.2 Å². The molecule has 126 valence electrons. The van der Waals surface area contributed by atoms with E-state index in [-0.39, 0.29) is 18.6 Å². The van der Waals surface area contributed by atoms with Crippen LogP contribution in [0.2, 0.25) is 0 Å². The van der Waals surface area contributed by atoms with E-state index in [4.69, 9.17) is 14.0 Å². The van der Waals surface area contributed by atoms with E-state index in [1.807, 2.05) is 31.2 Å². The number of hydrogen-bond donors (Lipinski definition) is 0. The molecule has 4 rings (SSSR count). The maximum atomic E-state index is 12.9. The van der Waals surface area contributed by atoms with Crippen LogP contribution in [0.3, 0.4) is 0 Å². The van der Waals surface area contributed by atoms with Crippen LogP contribution in [0, 0.1) is 0 Å². The summed E-state index contributed by atoms with van der Waals surface area (Å²) in [5.41, 5.74) is 0. The van der Waals surface area contributed by atoms with E-state index in [0.717, 1.165) is 12.8 Å². The molecule has 24 heavy (non-hydrogen) atoms. The molecule has 2 aliphatic rings. The smallest absolute Gasteiger partial charge is 0.267 e. The number of benzene rings is 1. The summed E-state index contributed by atoms with van der Waals surface area (Å²) >= 11 is 0. The number of amides is 1. The van der Waals surface area contributed by atoms with Crippen LogP contribution in [0.4, 0.5) is 0 Å². The van der Waals surface area contributed by atoms with Gasteiger partial charge in [-0.25, -0.2) is 0 Å². The zero-order valence-electron chi connectivity index (χ0n) is 13.5. The molecule has 1 fully saturated rings. The Hall–Kier alpha value is -2.57. The summed E-state index contributed by atoms with van der Waals surface area (Å²) in [5.74, 6) is 2.36. The Labute approximate surface area is 139 Å². The van der Waals surface area contributed by atoms with E-state index in [1.165, 1.54) is 0 Å². The van der Waals surface area contributed by atoms with Gasteiger partial charge in [0.15, 0.2) is 17.3 Å². The number of aromatic nitrogens is 2. The first-order valence-corrected chi connectivity index (χ1v) is 8.27. The van der Waals surface area contributed by atoms with Crippen LogP contribution in [-0.4, -0.2) is 40.2 Å². The van der Waals surface area contributed by atoms with Crippen molar-refractivity contribution >= 4 is 5.91 Å². The topological polar surface area (TPSA) is 77.7 Å². The van der Waals surface area contributed by atoms with Crippen molar-refractivity contribution in [2.75, 3.05) is 13.2 Å². The summed E-state index contributed by atoms with van der Waals surface area (Å²) in [6.45, 7) is 2.84. The van der Waals surface area contributed by atoms with Crippen molar-refractivity contribution < 1.29 is 18.8 Å². The van der Waals surface area contributed by atoms with Gasteiger partial charge in [-0.3, -0.25) is 4.79 Å². The fourth-order valence-corrected chi connectivity index (χ4v) is 3.17. The highest BCUT2D eigenvalue weighted by Crippen LogP contribution is 2.34. The second-order valence-corrected chi connectivity index (χ2v) is 5.95. The predicted molar refractivity (Wildman–Crippen MR) is 83.7 cm³/mol. The van der Waals surface area contributed by atoms with Crippen LogP contribution in [-0.2, 0) is 11.2 Å². The number of aryl methyl sites for hydroxylation is 1. The van der Waals surface area contributed by atoms with E-state index in [9.17, 15) is 4.79 Å². The zero-order valence-corrected chi connectivity index (χ0v) is 13.5. The molecule has 7 heteroatoms. The van der Waals surface area contributed by atoms with Crippen molar-refractivity contribution in [3.63, 3.8) is 0 Å². The van der Waals surface area contributed by atoms with E-state index in [1.54, 1.807) is 4.90 Å². The first-order chi connectivity index (χ1) is 11.8. The van der Waals surface area contributed by atoms with Gasteiger partial charge in [0.05, 0.1) is 6.04 Å². The molecule has 0 N–H and O–H groups in total. The third-order valence-corrected chi connectivity index (χ3v) is 4.40. The van der Waals surface area contributed by atoms with Crippen LogP contribution >= 0.6 is 0 Å². The van der Waals surface area contributed by atoms with Gasteiger partial charge in [0.25, 0.3) is 5.91 Å². The Bertz CT molecular complexity index is 745. The second-order valence-electron chi connectivity index (χ2n) is 5.95. The molecule has 2 aliphatic heterocycles. The summed E-state index contributed by atoms with van der Waals surface area (Å²) in [5, 5.41) is 4.03. The number of likely N-dealkylation sites (tertiary alicyclic amines) is 1. The van der Waals surface area contributed by atoms with Crippen molar-refractivity contribution in [3.8, 4) is 11.5 Å². The van der Waals surface area contributed by atoms with Crippen molar-refractivity contribution in [1.29, 1.82) is 0 Å². The average Bonchev–Trinajstić information content (AvgIpc) is 3.29. The van der Waals surface area contributed by atoms with Gasteiger partial charge < -0.3 is 18.9 Å². The molecule has 2 atom stereocenters. The Morgan fingerprint density at radius 1 is 1.33 bits per heavy atom. The fourth-order valence-electron chi connectivity index (χ4n) is 3.17. The van der Waals surface area contributed by atoms with Gasteiger partial charge in [-0.1, -0.05) is 24.2 Å². The van der Waals surface area contributed by atoms with Crippen molar-refractivity contribution in [3.05, 3.63) is 36.0 Å². The van der Waals surface area contributed by atoms with Crippen LogP contribution in [0.25, 0.3) is 0 Å². The highest BCUT2D eigenvalue weighted by atomic mass is 16.6. The molecule has 2 unspecified atom stereocenters. The number of fused-ring (bicyclic) bond motifs is 1. The van der Waals surface area contributed by atoms with Crippen molar-refractivity contribution in [2.24, 2.45) is 0 Å². The molecule has 0 spiro atoms. The van der Waals surface area contributed by atoms with Gasteiger partial charge in [-0.15, -0.1) is 0 Å². The van der Waals surface area contributed by atoms with Gasteiger partial charge in [0, 0.05) is 13.0 Å². The summed E-state index contributed by atoms with van der Waals surface area (Å²) < 4.78 is 16.7. The highest BCUT2D eigenvalue weighted by molar-refractivity contribution is 5.82. The minimum Gasteiger partial charge on any atom is -0.485 e. The largest absolute Gasteiger partial charge is 0.485 e. The van der Waals surface area contributed by atoms with Gasteiger partial charge >= 0.3 is 0 Å². The van der Waals surface area contributed by atoms with Gasteiger partial charge in [0.2, 0.25) is 12.0 Å². The maximum Gasteiger partial charge on any atom is 0.267 e. The minimum absolute atomic E-state index is 0.0881. The fraction of sp³-hybridized carbons (Fsp3) is 0.471. The third kappa shape index (κ3) is 2.60. The number of carbonyl (C=O) groups excluding carboxylic acids is 1. The lowest BCUT2D eigenvalue weighted by Crippen LogP contribution is -2.46. The van der Waals surface area contributed by atoms with Gasteiger partial charge in [-0.2, -0.15) is 4.98 Å². The predicted octanol–water partition coefficient (Wildman–Crippen LogP) is 2.14. The number of para-hydroxylation sites is 2. The molecule has 0 aliphatic carbocycles. The summed E-state index contributed by atoms with van der Waals surface area (Å²) in [4.78, 5) is 19.1. The van der Waals surface area contributed by atoms with Crippen molar-refractivity contribution in [2.45, 2.75) is 38.3 Å². The number of carbonyl (C=O) groups is 1.